The van der Waals surface area contributed by atoms with Crippen LogP contribution in [0.1, 0.15) is 36.1 Å². The minimum absolute atomic E-state index is 0.132. The molecule has 1 N–H and O–H groups in total. The average Bonchev–Trinajstić information content (AvgIpc) is 3.01. The summed E-state index contributed by atoms with van der Waals surface area (Å²) in [6, 6.07) is 11.7. The van der Waals surface area contributed by atoms with E-state index in [1.807, 2.05) is 6.07 Å². The number of fused-ring (bicyclic) bond motifs is 1. The standard InChI is InChI=1S/C21H23NO2/c1-15-6-5-7-17-13-22(14-18(15)17)21(2,3)11-10-16-8-9-19(23)20(12-16)24-4/h5-9,12,23H,13-14H2,1-4H3. The first kappa shape index (κ1) is 16.4. The Bertz CT molecular complexity index is 827. The molecule has 0 aromatic heterocycles. The summed E-state index contributed by atoms with van der Waals surface area (Å²) < 4.78 is 5.14. The maximum Gasteiger partial charge on any atom is 0.161 e. The molecule has 2 aromatic rings. The number of aromatic hydroxyl groups is 1. The van der Waals surface area contributed by atoms with E-state index in [0.717, 1.165) is 18.7 Å². The van der Waals surface area contributed by atoms with Gasteiger partial charge in [-0.2, -0.15) is 0 Å². The van der Waals surface area contributed by atoms with Crippen LogP contribution < -0.4 is 4.74 Å². The van der Waals surface area contributed by atoms with E-state index >= 15 is 0 Å². The van der Waals surface area contributed by atoms with Crippen LogP contribution in [0.3, 0.4) is 0 Å². The molecule has 3 heteroatoms. The number of phenols is 1. The van der Waals surface area contributed by atoms with E-state index < -0.39 is 0 Å². The van der Waals surface area contributed by atoms with Crippen LogP contribution in [-0.2, 0) is 13.1 Å². The van der Waals surface area contributed by atoms with Crippen molar-refractivity contribution in [3.8, 4) is 23.3 Å². The van der Waals surface area contributed by atoms with Crippen molar-refractivity contribution in [2.24, 2.45) is 0 Å². The average molecular weight is 321 g/mol. The van der Waals surface area contributed by atoms with Crippen molar-refractivity contribution >= 4 is 0 Å². The summed E-state index contributed by atoms with van der Waals surface area (Å²) in [5.74, 6) is 7.18. The van der Waals surface area contributed by atoms with Crippen molar-refractivity contribution in [2.45, 2.75) is 39.4 Å². The van der Waals surface area contributed by atoms with Crippen LogP contribution in [0, 0.1) is 18.8 Å². The minimum Gasteiger partial charge on any atom is -0.504 e. The van der Waals surface area contributed by atoms with Gasteiger partial charge in [-0.25, -0.2) is 0 Å². The highest BCUT2D eigenvalue weighted by Gasteiger charge is 2.30. The van der Waals surface area contributed by atoms with Crippen LogP contribution in [0.4, 0.5) is 0 Å². The SMILES string of the molecule is COc1cc(C#CC(C)(C)N2Cc3cccc(C)c3C2)ccc1O. The van der Waals surface area contributed by atoms with Crippen LogP contribution in [0.5, 0.6) is 11.5 Å². The fourth-order valence-corrected chi connectivity index (χ4v) is 3.04. The molecule has 0 saturated heterocycles. The van der Waals surface area contributed by atoms with Gasteiger partial charge in [-0.3, -0.25) is 4.90 Å². The highest BCUT2D eigenvalue weighted by atomic mass is 16.5. The molecule has 0 bridgehead atoms. The van der Waals surface area contributed by atoms with Crippen molar-refractivity contribution in [3.05, 3.63) is 58.7 Å². The van der Waals surface area contributed by atoms with Gasteiger partial charge in [0.1, 0.15) is 0 Å². The lowest BCUT2D eigenvalue weighted by atomic mass is 10.0. The number of aryl methyl sites for hydroxylation is 1. The molecule has 0 spiro atoms. The maximum atomic E-state index is 9.68. The van der Waals surface area contributed by atoms with E-state index in [4.69, 9.17) is 4.74 Å². The molecule has 0 amide bonds. The highest BCUT2D eigenvalue weighted by molar-refractivity contribution is 5.48. The van der Waals surface area contributed by atoms with E-state index in [1.165, 1.54) is 16.7 Å². The second-order valence-corrected chi connectivity index (χ2v) is 6.76. The largest absolute Gasteiger partial charge is 0.504 e. The molecule has 0 fully saturated rings. The maximum absolute atomic E-state index is 9.68. The molecule has 0 atom stereocenters. The summed E-state index contributed by atoms with van der Waals surface area (Å²) in [5, 5.41) is 9.68. The van der Waals surface area contributed by atoms with Crippen LogP contribution >= 0.6 is 0 Å². The second-order valence-electron chi connectivity index (χ2n) is 6.76. The predicted octanol–water partition coefficient (Wildman–Crippen LogP) is 3.86. The van der Waals surface area contributed by atoms with Gasteiger partial charge in [-0.1, -0.05) is 30.0 Å². The number of benzene rings is 2. The van der Waals surface area contributed by atoms with Gasteiger partial charge in [0.05, 0.1) is 12.6 Å². The third-order valence-electron chi connectivity index (χ3n) is 4.70. The molecule has 1 heterocycles. The zero-order chi connectivity index (χ0) is 17.3. The van der Waals surface area contributed by atoms with E-state index in [-0.39, 0.29) is 11.3 Å². The molecule has 0 unspecified atom stereocenters. The molecular weight excluding hydrogens is 298 g/mol. The van der Waals surface area contributed by atoms with E-state index in [2.05, 4.69) is 55.7 Å². The summed E-state index contributed by atoms with van der Waals surface area (Å²) in [6.45, 7) is 8.33. The van der Waals surface area contributed by atoms with Gasteiger partial charge in [-0.05, 0) is 55.7 Å². The van der Waals surface area contributed by atoms with Gasteiger partial charge in [0, 0.05) is 18.7 Å². The Morgan fingerprint density at radius 1 is 1.17 bits per heavy atom. The fourth-order valence-electron chi connectivity index (χ4n) is 3.04. The Labute approximate surface area is 143 Å². The van der Waals surface area contributed by atoms with Crippen LogP contribution in [0.25, 0.3) is 0 Å². The number of phenolic OH excluding ortho intramolecular Hbond substituents is 1. The Balaban J connectivity index is 1.82. The summed E-state index contributed by atoms with van der Waals surface area (Å²) in [7, 11) is 1.54. The van der Waals surface area contributed by atoms with Gasteiger partial charge in [-0.15, -0.1) is 0 Å². The van der Waals surface area contributed by atoms with Gasteiger partial charge in [0.2, 0.25) is 0 Å². The zero-order valence-corrected chi connectivity index (χ0v) is 14.7. The predicted molar refractivity (Wildman–Crippen MR) is 96.0 cm³/mol. The number of rotatable bonds is 2. The smallest absolute Gasteiger partial charge is 0.161 e. The molecule has 124 valence electrons. The monoisotopic (exact) mass is 321 g/mol. The normalized spacial score (nSPS) is 14.0. The van der Waals surface area contributed by atoms with Crippen LogP contribution in [0.15, 0.2) is 36.4 Å². The Hall–Kier alpha value is -2.44. The lowest BCUT2D eigenvalue weighted by Gasteiger charge is -2.30. The van der Waals surface area contributed by atoms with Crippen LogP contribution in [0.2, 0.25) is 0 Å². The van der Waals surface area contributed by atoms with E-state index in [9.17, 15) is 5.11 Å². The minimum atomic E-state index is -0.240. The summed E-state index contributed by atoms with van der Waals surface area (Å²) >= 11 is 0. The van der Waals surface area contributed by atoms with Gasteiger partial charge < -0.3 is 9.84 Å². The third kappa shape index (κ3) is 3.11. The molecule has 24 heavy (non-hydrogen) atoms. The lowest BCUT2D eigenvalue weighted by Crippen LogP contribution is -2.38. The van der Waals surface area contributed by atoms with Crippen molar-refractivity contribution in [1.82, 2.24) is 4.90 Å². The first-order valence-electron chi connectivity index (χ1n) is 8.13. The van der Waals surface area contributed by atoms with Gasteiger partial charge in [0.25, 0.3) is 0 Å². The number of ether oxygens (including phenoxy) is 1. The summed E-state index contributed by atoms with van der Waals surface area (Å²) in [5.41, 5.74) is 4.78. The fraction of sp³-hybridized carbons (Fsp3) is 0.333. The molecule has 0 saturated carbocycles. The molecule has 2 aromatic carbocycles. The summed E-state index contributed by atoms with van der Waals surface area (Å²) in [6.07, 6.45) is 0. The van der Waals surface area contributed by atoms with Crippen LogP contribution in [-0.4, -0.2) is 22.7 Å². The second kappa shape index (κ2) is 6.22. The van der Waals surface area contributed by atoms with Gasteiger partial charge in [0.15, 0.2) is 11.5 Å². The Kier molecular flexibility index (Phi) is 4.26. The Morgan fingerprint density at radius 2 is 1.96 bits per heavy atom. The molecule has 3 rings (SSSR count). The number of nitrogens with zero attached hydrogens (tertiary/aromatic N) is 1. The quantitative estimate of drug-likeness (QED) is 0.853. The van der Waals surface area contributed by atoms with Crippen molar-refractivity contribution < 1.29 is 9.84 Å². The zero-order valence-electron chi connectivity index (χ0n) is 14.7. The van der Waals surface area contributed by atoms with Crippen molar-refractivity contribution in [2.75, 3.05) is 7.11 Å². The van der Waals surface area contributed by atoms with E-state index in [0.29, 0.717) is 5.75 Å². The van der Waals surface area contributed by atoms with Crippen molar-refractivity contribution in [3.63, 3.8) is 0 Å². The first-order chi connectivity index (χ1) is 11.4. The first-order valence-corrected chi connectivity index (χ1v) is 8.13. The molecule has 1 aliphatic heterocycles. The molecular formula is C21H23NO2. The van der Waals surface area contributed by atoms with Gasteiger partial charge >= 0.3 is 0 Å². The number of methoxy groups -OCH3 is 1. The number of hydrogen-bond acceptors (Lipinski definition) is 3. The third-order valence-corrected chi connectivity index (χ3v) is 4.70. The van der Waals surface area contributed by atoms with Crippen molar-refractivity contribution in [1.29, 1.82) is 0 Å². The molecule has 3 nitrogen and oxygen atoms in total. The highest BCUT2D eigenvalue weighted by Crippen LogP contribution is 2.31. The molecule has 0 aliphatic carbocycles. The summed E-state index contributed by atoms with van der Waals surface area (Å²) in [4.78, 5) is 2.40. The molecule has 1 aliphatic rings. The lowest BCUT2D eigenvalue weighted by molar-refractivity contribution is 0.171. The number of hydrogen-bond donors (Lipinski definition) is 1. The van der Waals surface area contributed by atoms with E-state index in [1.54, 1.807) is 19.2 Å². The Morgan fingerprint density at radius 3 is 2.67 bits per heavy atom. The topological polar surface area (TPSA) is 32.7 Å². The molecule has 0 radical (unpaired) electrons.